The van der Waals surface area contributed by atoms with Crippen LogP contribution in [0.2, 0.25) is 0 Å². The minimum atomic E-state index is 0.924. The lowest BCUT2D eigenvalue weighted by Gasteiger charge is -2.23. The Labute approximate surface area is 122 Å². The average molecular weight is 268 g/mol. The van der Waals surface area contributed by atoms with Crippen molar-refractivity contribution < 1.29 is 0 Å². The number of rotatable bonds is 4. The smallest absolute Gasteiger partial charge is 0.0426 e. The first-order valence-electron chi connectivity index (χ1n) is 7.07. The fourth-order valence-electron chi connectivity index (χ4n) is 2.49. The van der Waals surface area contributed by atoms with Gasteiger partial charge in [-0.05, 0) is 61.2 Å². The van der Waals surface area contributed by atoms with E-state index in [0.717, 1.165) is 12.2 Å². The van der Waals surface area contributed by atoms with Gasteiger partial charge in [-0.1, -0.05) is 18.2 Å². The first kappa shape index (κ1) is 14.4. The van der Waals surface area contributed by atoms with Crippen molar-refractivity contribution >= 4 is 11.4 Å². The van der Waals surface area contributed by atoms with Crippen LogP contribution in [0.25, 0.3) is 0 Å². The molecule has 1 N–H and O–H groups in total. The minimum Gasteiger partial charge on any atom is -0.388 e. The van der Waals surface area contributed by atoms with Gasteiger partial charge >= 0.3 is 0 Å². The van der Waals surface area contributed by atoms with Gasteiger partial charge in [0, 0.05) is 32.0 Å². The highest BCUT2D eigenvalue weighted by Crippen LogP contribution is 2.24. The van der Waals surface area contributed by atoms with Crippen molar-refractivity contribution in [2.75, 3.05) is 24.3 Å². The van der Waals surface area contributed by atoms with Gasteiger partial charge in [-0.25, -0.2) is 0 Å². The number of benzene rings is 2. The summed E-state index contributed by atoms with van der Waals surface area (Å²) in [6.07, 6.45) is 0. The molecule has 0 aliphatic heterocycles. The van der Waals surface area contributed by atoms with Crippen LogP contribution in [0.1, 0.15) is 22.3 Å². The highest BCUT2D eigenvalue weighted by atomic mass is 15.1. The quantitative estimate of drug-likeness (QED) is 0.890. The lowest BCUT2D eigenvalue weighted by molar-refractivity contribution is 0.915. The summed E-state index contributed by atoms with van der Waals surface area (Å²) in [6.45, 7) is 7.45. The Hall–Kier alpha value is -1.96. The molecule has 0 saturated carbocycles. The van der Waals surface area contributed by atoms with Crippen molar-refractivity contribution in [3.8, 4) is 0 Å². The molecular formula is C18H24N2. The summed E-state index contributed by atoms with van der Waals surface area (Å²) in [6, 6.07) is 13.2. The second-order valence-electron chi connectivity index (χ2n) is 5.53. The van der Waals surface area contributed by atoms with Gasteiger partial charge < -0.3 is 10.2 Å². The number of anilines is 2. The zero-order chi connectivity index (χ0) is 14.7. The first-order valence-corrected chi connectivity index (χ1v) is 7.07. The molecule has 0 aliphatic carbocycles. The monoisotopic (exact) mass is 268 g/mol. The van der Waals surface area contributed by atoms with Gasteiger partial charge in [-0.2, -0.15) is 0 Å². The van der Waals surface area contributed by atoms with E-state index in [1.54, 1.807) is 0 Å². The molecular weight excluding hydrogens is 244 g/mol. The van der Waals surface area contributed by atoms with Crippen molar-refractivity contribution in [2.24, 2.45) is 0 Å². The predicted molar refractivity (Wildman–Crippen MR) is 88.7 cm³/mol. The maximum Gasteiger partial charge on any atom is 0.0426 e. The number of hydrogen-bond acceptors (Lipinski definition) is 2. The molecule has 2 aromatic carbocycles. The second kappa shape index (κ2) is 6.00. The zero-order valence-corrected chi connectivity index (χ0v) is 13.1. The van der Waals surface area contributed by atoms with E-state index >= 15 is 0 Å². The molecule has 0 unspecified atom stereocenters. The predicted octanol–water partition coefficient (Wildman–Crippen LogP) is 4.29. The Morgan fingerprint density at radius 2 is 1.50 bits per heavy atom. The van der Waals surface area contributed by atoms with Crippen LogP contribution in [0.3, 0.4) is 0 Å². The summed E-state index contributed by atoms with van der Waals surface area (Å²) in [5, 5.41) is 3.15. The fourth-order valence-corrected chi connectivity index (χ4v) is 2.49. The summed E-state index contributed by atoms with van der Waals surface area (Å²) in [4.78, 5) is 2.32. The molecule has 2 rings (SSSR count). The van der Waals surface area contributed by atoms with E-state index in [0.29, 0.717) is 0 Å². The van der Waals surface area contributed by atoms with E-state index in [1.165, 1.54) is 27.9 Å². The first-order chi connectivity index (χ1) is 9.51. The third-order valence-electron chi connectivity index (χ3n) is 3.89. The van der Waals surface area contributed by atoms with Crippen LogP contribution in [0.4, 0.5) is 11.4 Å². The molecule has 0 heterocycles. The van der Waals surface area contributed by atoms with E-state index in [2.05, 4.69) is 74.4 Å². The summed E-state index contributed by atoms with van der Waals surface area (Å²) in [5.74, 6) is 0. The van der Waals surface area contributed by atoms with Crippen LogP contribution in [-0.2, 0) is 6.54 Å². The van der Waals surface area contributed by atoms with Crippen LogP contribution >= 0.6 is 0 Å². The SMILES string of the molecule is CNc1ccc(CN(C)c2cc(C)c(C)cc2C)cc1. The maximum atomic E-state index is 3.15. The van der Waals surface area contributed by atoms with Gasteiger partial charge in [-0.3, -0.25) is 0 Å². The molecule has 0 aromatic heterocycles. The van der Waals surface area contributed by atoms with Crippen LogP contribution in [-0.4, -0.2) is 14.1 Å². The standard InChI is InChI=1S/C18H24N2/c1-13-10-15(3)18(11-14(13)2)20(5)12-16-6-8-17(19-4)9-7-16/h6-11,19H,12H2,1-5H3. The molecule has 2 nitrogen and oxygen atoms in total. The topological polar surface area (TPSA) is 15.3 Å². The Balaban J connectivity index is 2.18. The highest BCUT2D eigenvalue weighted by molar-refractivity contribution is 5.57. The summed E-state index contributed by atoms with van der Waals surface area (Å²) in [5.41, 5.74) is 7.83. The number of nitrogens with one attached hydrogen (secondary N) is 1. The lowest BCUT2D eigenvalue weighted by Crippen LogP contribution is -2.17. The molecule has 0 fully saturated rings. The van der Waals surface area contributed by atoms with Crippen LogP contribution in [0, 0.1) is 20.8 Å². The average Bonchev–Trinajstić information content (AvgIpc) is 2.43. The van der Waals surface area contributed by atoms with Gasteiger partial charge in [0.15, 0.2) is 0 Å². The van der Waals surface area contributed by atoms with Gasteiger partial charge in [0.2, 0.25) is 0 Å². The van der Waals surface area contributed by atoms with Crippen molar-refractivity contribution in [2.45, 2.75) is 27.3 Å². The Morgan fingerprint density at radius 1 is 0.900 bits per heavy atom. The molecule has 0 saturated heterocycles. The van der Waals surface area contributed by atoms with Gasteiger partial charge in [0.05, 0.1) is 0 Å². The normalized spacial score (nSPS) is 10.4. The molecule has 20 heavy (non-hydrogen) atoms. The lowest BCUT2D eigenvalue weighted by atomic mass is 10.0. The molecule has 0 bridgehead atoms. The molecule has 0 spiro atoms. The summed E-state index contributed by atoms with van der Waals surface area (Å²) < 4.78 is 0. The molecule has 106 valence electrons. The van der Waals surface area contributed by atoms with Crippen LogP contribution < -0.4 is 10.2 Å². The number of aryl methyl sites for hydroxylation is 3. The van der Waals surface area contributed by atoms with Crippen molar-refractivity contribution in [3.05, 3.63) is 58.7 Å². The largest absolute Gasteiger partial charge is 0.388 e. The van der Waals surface area contributed by atoms with Crippen LogP contribution in [0.15, 0.2) is 36.4 Å². The Morgan fingerprint density at radius 3 is 2.10 bits per heavy atom. The van der Waals surface area contributed by atoms with Crippen molar-refractivity contribution in [3.63, 3.8) is 0 Å². The number of hydrogen-bond donors (Lipinski definition) is 1. The van der Waals surface area contributed by atoms with E-state index in [1.807, 2.05) is 7.05 Å². The van der Waals surface area contributed by atoms with Gasteiger partial charge in [0.1, 0.15) is 0 Å². The van der Waals surface area contributed by atoms with Crippen LogP contribution in [0.5, 0.6) is 0 Å². The Bertz CT molecular complexity index is 585. The van der Waals surface area contributed by atoms with Gasteiger partial charge in [0.25, 0.3) is 0 Å². The van der Waals surface area contributed by atoms with Gasteiger partial charge in [-0.15, -0.1) is 0 Å². The molecule has 2 heteroatoms. The molecule has 0 radical (unpaired) electrons. The third-order valence-corrected chi connectivity index (χ3v) is 3.89. The summed E-state index contributed by atoms with van der Waals surface area (Å²) in [7, 11) is 4.10. The molecule has 2 aromatic rings. The Kier molecular flexibility index (Phi) is 4.33. The second-order valence-corrected chi connectivity index (χ2v) is 5.53. The third kappa shape index (κ3) is 3.13. The molecule has 0 aliphatic rings. The van der Waals surface area contributed by atoms with E-state index in [-0.39, 0.29) is 0 Å². The maximum absolute atomic E-state index is 3.15. The summed E-state index contributed by atoms with van der Waals surface area (Å²) >= 11 is 0. The van der Waals surface area contributed by atoms with E-state index in [9.17, 15) is 0 Å². The van der Waals surface area contributed by atoms with Crippen molar-refractivity contribution in [1.29, 1.82) is 0 Å². The minimum absolute atomic E-state index is 0.924. The van der Waals surface area contributed by atoms with E-state index in [4.69, 9.17) is 0 Å². The van der Waals surface area contributed by atoms with E-state index < -0.39 is 0 Å². The zero-order valence-electron chi connectivity index (χ0n) is 13.1. The molecule has 0 atom stereocenters. The number of nitrogens with zero attached hydrogens (tertiary/aromatic N) is 1. The highest BCUT2D eigenvalue weighted by Gasteiger charge is 2.07. The fraction of sp³-hybridized carbons (Fsp3) is 0.333. The molecule has 0 amide bonds. The van der Waals surface area contributed by atoms with Crippen molar-refractivity contribution in [1.82, 2.24) is 0 Å².